The zero-order valence-electron chi connectivity index (χ0n) is 9.14. The molecule has 1 aromatic carbocycles. The molecule has 0 aliphatic heterocycles. The number of halogens is 1. The molecule has 2 unspecified atom stereocenters. The Morgan fingerprint density at radius 2 is 2.06 bits per heavy atom. The third kappa shape index (κ3) is 3.48. The molecule has 0 spiro atoms. The summed E-state index contributed by atoms with van der Waals surface area (Å²) in [4.78, 5) is 10.6. The standard InChI is InChI=1S/C11H15FN2O3/c12-8-2-1-6(5-13)3-7(8)11(17)9(15)4-10(14)16/h1-3,9,11,15,17H,4-5,13H2,(H2,14,16). The van der Waals surface area contributed by atoms with E-state index in [1.165, 1.54) is 12.1 Å². The van der Waals surface area contributed by atoms with E-state index in [2.05, 4.69) is 0 Å². The third-order valence-electron chi connectivity index (χ3n) is 2.39. The van der Waals surface area contributed by atoms with Crippen LogP contribution in [0.25, 0.3) is 0 Å². The Kier molecular flexibility index (Phi) is 4.56. The van der Waals surface area contributed by atoms with Gasteiger partial charge in [-0.25, -0.2) is 4.39 Å². The average molecular weight is 242 g/mol. The largest absolute Gasteiger partial charge is 0.390 e. The van der Waals surface area contributed by atoms with Crippen molar-refractivity contribution in [3.8, 4) is 0 Å². The molecule has 5 nitrogen and oxygen atoms in total. The molecule has 0 saturated heterocycles. The maximum atomic E-state index is 13.4. The summed E-state index contributed by atoms with van der Waals surface area (Å²) in [6, 6.07) is 3.98. The summed E-state index contributed by atoms with van der Waals surface area (Å²) >= 11 is 0. The molecule has 0 fully saturated rings. The molecule has 1 rings (SSSR count). The normalized spacial score (nSPS) is 14.4. The van der Waals surface area contributed by atoms with Crippen molar-refractivity contribution < 1.29 is 19.4 Å². The van der Waals surface area contributed by atoms with Gasteiger partial charge in [-0.1, -0.05) is 6.07 Å². The number of aliphatic hydroxyl groups is 2. The number of amides is 1. The highest BCUT2D eigenvalue weighted by Gasteiger charge is 2.23. The lowest BCUT2D eigenvalue weighted by molar-refractivity contribution is -0.121. The van der Waals surface area contributed by atoms with E-state index >= 15 is 0 Å². The molecule has 0 radical (unpaired) electrons. The van der Waals surface area contributed by atoms with Crippen molar-refractivity contribution in [3.63, 3.8) is 0 Å². The number of hydrogen-bond acceptors (Lipinski definition) is 4. The van der Waals surface area contributed by atoms with Crippen LogP contribution in [0.1, 0.15) is 23.7 Å². The second kappa shape index (κ2) is 5.72. The summed E-state index contributed by atoms with van der Waals surface area (Å²) in [6.45, 7) is 0.186. The number of hydrogen-bond donors (Lipinski definition) is 4. The van der Waals surface area contributed by atoms with Gasteiger partial charge in [-0.05, 0) is 17.7 Å². The van der Waals surface area contributed by atoms with Gasteiger partial charge in [-0.3, -0.25) is 4.79 Å². The van der Waals surface area contributed by atoms with E-state index in [1.54, 1.807) is 0 Å². The fourth-order valence-electron chi connectivity index (χ4n) is 1.47. The smallest absolute Gasteiger partial charge is 0.220 e. The van der Waals surface area contributed by atoms with Crippen molar-refractivity contribution >= 4 is 5.91 Å². The van der Waals surface area contributed by atoms with Gasteiger partial charge in [0.25, 0.3) is 0 Å². The van der Waals surface area contributed by atoms with Crippen LogP contribution in [-0.4, -0.2) is 22.2 Å². The molecule has 6 N–H and O–H groups in total. The van der Waals surface area contributed by atoms with Gasteiger partial charge in [0.2, 0.25) is 5.91 Å². The van der Waals surface area contributed by atoms with Crippen molar-refractivity contribution in [2.75, 3.05) is 0 Å². The minimum absolute atomic E-state index is 0.0956. The lowest BCUT2D eigenvalue weighted by Gasteiger charge is -2.18. The third-order valence-corrected chi connectivity index (χ3v) is 2.39. The number of carbonyl (C=O) groups is 1. The topological polar surface area (TPSA) is 110 Å². The van der Waals surface area contributed by atoms with Crippen LogP contribution in [0, 0.1) is 5.82 Å². The van der Waals surface area contributed by atoms with E-state index < -0.39 is 30.4 Å². The average Bonchev–Trinajstić information content (AvgIpc) is 2.28. The molecular formula is C11H15FN2O3. The Hall–Kier alpha value is -1.50. The summed E-state index contributed by atoms with van der Waals surface area (Å²) in [5, 5.41) is 19.2. The number of benzene rings is 1. The molecule has 0 aromatic heterocycles. The van der Waals surface area contributed by atoms with E-state index in [1.807, 2.05) is 0 Å². The molecule has 0 bridgehead atoms. The molecule has 17 heavy (non-hydrogen) atoms. The highest BCUT2D eigenvalue weighted by molar-refractivity contribution is 5.74. The molecule has 1 aromatic rings. The summed E-state index contributed by atoms with van der Waals surface area (Å²) in [5.74, 6) is -1.44. The van der Waals surface area contributed by atoms with Crippen LogP contribution < -0.4 is 11.5 Å². The van der Waals surface area contributed by atoms with E-state index in [4.69, 9.17) is 11.5 Å². The molecule has 1 amide bonds. The minimum atomic E-state index is -1.51. The maximum Gasteiger partial charge on any atom is 0.220 e. The lowest BCUT2D eigenvalue weighted by atomic mass is 9.99. The van der Waals surface area contributed by atoms with Crippen molar-refractivity contribution in [1.82, 2.24) is 0 Å². The van der Waals surface area contributed by atoms with Gasteiger partial charge in [0.05, 0.1) is 12.5 Å². The summed E-state index contributed by atoms with van der Waals surface area (Å²) in [5.41, 5.74) is 10.8. The van der Waals surface area contributed by atoms with Crippen molar-refractivity contribution in [2.45, 2.75) is 25.2 Å². The Morgan fingerprint density at radius 1 is 1.41 bits per heavy atom. The van der Waals surface area contributed by atoms with Gasteiger partial charge in [0.15, 0.2) is 0 Å². The Balaban J connectivity index is 2.94. The Bertz CT molecular complexity index is 412. The molecule has 0 aliphatic carbocycles. The van der Waals surface area contributed by atoms with Gasteiger partial charge >= 0.3 is 0 Å². The second-order valence-corrected chi connectivity index (χ2v) is 3.74. The highest BCUT2D eigenvalue weighted by Crippen LogP contribution is 2.23. The van der Waals surface area contributed by atoms with Crippen LogP contribution in [0.4, 0.5) is 4.39 Å². The predicted molar refractivity (Wildman–Crippen MR) is 59.1 cm³/mol. The van der Waals surface area contributed by atoms with Crippen LogP contribution in [0.3, 0.4) is 0 Å². The fourth-order valence-corrected chi connectivity index (χ4v) is 1.47. The lowest BCUT2D eigenvalue weighted by Crippen LogP contribution is -2.26. The van der Waals surface area contributed by atoms with Crippen molar-refractivity contribution in [2.24, 2.45) is 11.5 Å². The summed E-state index contributed by atoms with van der Waals surface area (Å²) in [7, 11) is 0. The fraction of sp³-hybridized carbons (Fsp3) is 0.364. The van der Waals surface area contributed by atoms with Crippen LogP contribution in [-0.2, 0) is 11.3 Å². The SMILES string of the molecule is NCc1ccc(F)c(C(O)C(O)CC(N)=O)c1. The monoisotopic (exact) mass is 242 g/mol. The summed E-state index contributed by atoms with van der Waals surface area (Å²) in [6.07, 6.45) is -3.38. The number of rotatable bonds is 5. The van der Waals surface area contributed by atoms with Gasteiger partial charge in [-0.2, -0.15) is 0 Å². The van der Waals surface area contributed by atoms with Crippen LogP contribution >= 0.6 is 0 Å². The molecule has 94 valence electrons. The zero-order valence-corrected chi connectivity index (χ0v) is 9.14. The maximum absolute atomic E-state index is 13.4. The van der Waals surface area contributed by atoms with Crippen LogP contribution in [0.5, 0.6) is 0 Å². The molecule has 0 heterocycles. The van der Waals surface area contributed by atoms with Gasteiger partial charge in [-0.15, -0.1) is 0 Å². The molecule has 6 heteroatoms. The highest BCUT2D eigenvalue weighted by atomic mass is 19.1. The van der Waals surface area contributed by atoms with Crippen LogP contribution in [0.15, 0.2) is 18.2 Å². The predicted octanol–water partition coefficient (Wildman–Crippen LogP) is -0.446. The number of nitrogens with two attached hydrogens (primary N) is 2. The van der Waals surface area contributed by atoms with E-state index in [0.717, 1.165) is 6.07 Å². The zero-order chi connectivity index (χ0) is 13.0. The number of primary amides is 1. The van der Waals surface area contributed by atoms with Crippen LogP contribution in [0.2, 0.25) is 0 Å². The van der Waals surface area contributed by atoms with E-state index in [9.17, 15) is 19.4 Å². The number of carbonyl (C=O) groups excluding carboxylic acids is 1. The molecular weight excluding hydrogens is 227 g/mol. The quantitative estimate of drug-likeness (QED) is 0.560. The van der Waals surface area contributed by atoms with E-state index in [0.29, 0.717) is 5.56 Å². The first-order chi connectivity index (χ1) is 7.95. The number of aliphatic hydroxyl groups excluding tert-OH is 2. The molecule has 2 atom stereocenters. The van der Waals surface area contributed by atoms with Gasteiger partial charge in [0.1, 0.15) is 11.9 Å². The van der Waals surface area contributed by atoms with E-state index in [-0.39, 0.29) is 12.1 Å². The Labute approximate surface area is 97.9 Å². The first-order valence-electron chi connectivity index (χ1n) is 5.08. The summed E-state index contributed by atoms with van der Waals surface area (Å²) < 4.78 is 13.4. The molecule has 0 aliphatic rings. The van der Waals surface area contributed by atoms with Crippen molar-refractivity contribution in [3.05, 3.63) is 35.1 Å². The first kappa shape index (κ1) is 13.6. The van der Waals surface area contributed by atoms with Gasteiger partial charge < -0.3 is 21.7 Å². The van der Waals surface area contributed by atoms with Gasteiger partial charge in [0, 0.05) is 12.1 Å². The Morgan fingerprint density at radius 3 is 2.59 bits per heavy atom. The minimum Gasteiger partial charge on any atom is -0.390 e. The molecule has 0 saturated carbocycles. The van der Waals surface area contributed by atoms with Crippen molar-refractivity contribution in [1.29, 1.82) is 0 Å². The second-order valence-electron chi connectivity index (χ2n) is 3.74. The first-order valence-corrected chi connectivity index (χ1v) is 5.08.